The van der Waals surface area contributed by atoms with E-state index >= 15 is 0 Å². The van der Waals surface area contributed by atoms with Gasteiger partial charge in [0.25, 0.3) is 0 Å². The molecule has 4 nitrogen and oxygen atoms in total. The van der Waals surface area contributed by atoms with Gasteiger partial charge in [0.1, 0.15) is 6.42 Å². The van der Waals surface area contributed by atoms with Crippen LogP contribution < -0.4 is 10.6 Å². The summed E-state index contributed by atoms with van der Waals surface area (Å²) >= 11 is 0. The van der Waals surface area contributed by atoms with Crippen LogP contribution in [0.5, 0.6) is 0 Å². The number of nitrogens with one attached hydrogen (secondary N) is 2. The minimum atomic E-state index is -5.24. The molecule has 16 heteroatoms. The van der Waals surface area contributed by atoms with Crippen molar-refractivity contribution in [1.82, 2.24) is 0 Å². The third-order valence-electron chi connectivity index (χ3n) is 4.06. The van der Waals surface area contributed by atoms with E-state index in [1.807, 2.05) is 0 Å². The van der Waals surface area contributed by atoms with Crippen molar-refractivity contribution in [3.63, 3.8) is 0 Å². The molecule has 2 N–H and O–H groups in total. The lowest BCUT2D eigenvalue weighted by molar-refractivity contribution is -0.144. The lowest BCUT2D eigenvalue weighted by Gasteiger charge is -2.15. The van der Waals surface area contributed by atoms with Gasteiger partial charge < -0.3 is 10.6 Å². The first-order chi connectivity index (χ1) is 15.7. The Balaban J connectivity index is 2.23. The molecule has 0 unspecified atom stereocenters. The van der Waals surface area contributed by atoms with Crippen molar-refractivity contribution in [3.05, 3.63) is 58.7 Å². The number of carbonyl (C=O) groups excluding carboxylic acids is 2. The number of halogens is 12. The van der Waals surface area contributed by atoms with Gasteiger partial charge >= 0.3 is 24.7 Å². The Kier molecular flexibility index (Phi) is 7.38. The fourth-order valence-corrected chi connectivity index (χ4v) is 2.61. The highest BCUT2D eigenvalue weighted by Gasteiger charge is 2.38. The summed E-state index contributed by atoms with van der Waals surface area (Å²) in [6.07, 6.45) is -22.3. The second-order valence-corrected chi connectivity index (χ2v) is 6.86. The van der Waals surface area contributed by atoms with Crippen LogP contribution >= 0.6 is 0 Å². The van der Waals surface area contributed by atoms with Crippen LogP contribution in [-0.4, -0.2) is 11.8 Å². The second-order valence-electron chi connectivity index (χ2n) is 6.86. The van der Waals surface area contributed by atoms with E-state index in [1.165, 1.54) is 0 Å². The fourth-order valence-electron chi connectivity index (χ4n) is 2.61. The number of carbonyl (C=O) groups is 2. The molecule has 192 valence electrons. The molecule has 0 fully saturated rings. The molecule has 0 aliphatic heterocycles. The first-order valence-corrected chi connectivity index (χ1v) is 8.85. The molecule has 2 rings (SSSR count). The third kappa shape index (κ3) is 7.78. The number of hydrogen-bond acceptors (Lipinski definition) is 2. The van der Waals surface area contributed by atoms with Crippen LogP contribution in [0.3, 0.4) is 0 Å². The molecule has 0 aromatic heterocycles. The summed E-state index contributed by atoms with van der Waals surface area (Å²) in [6.45, 7) is 0. The number of anilines is 2. The summed E-state index contributed by atoms with van der Waals surface area (Å²) in [4.78, 5) is 23.8. The highest BCUT2D eigenvalue weighted by atomic mass is 19.4. The Hall–Kier alpha value is -3.46. The topological polar surface area (TPSA) is 58.2 Å². The average molecular weight is 526 g/mol. The number of alkyl halides is 12. The van der Waals surface area contributed by atoms with Gasteiger partial charge in [0.15, 0.2) is 0 Å². The van der Waals surface area contributed by atoms with Gasteiger partial charge in [0, 0.05) is 11.4 Å². The number of amides is 2. The molecule has 0 atom stereocenters. The van der Waals surface area contributed by atoms with Gasteiger partial charge in [-0.15, -0.1) is 0 Å². The van der Waals surface area contributed by atoms with Gasteiger partial charge in [-0.05, 0) is 36.4 Å². The highest BCUT2D eigenvalue weighted by molar-refractivity contribution is 6.08. The normalized spacial score (nSPS) is 12.9. The molecule has 0 heterocycles. The monoisotopic (exact) mass is 526 g/mol. The lowest BCUT2D eigenvalue weighted by Crippen LogP contribution is -2.22. The van der Waals surface area contributed by atoms with Crippen LogP contribution in [0.25, 0.3) is 0 Å². The molecule has 2 aromatic rings. The van der Waals surface area contributed by atoms with E-state index in [0.29, 0.717) is 0 Å². The average Bonchev–Trinajstić information content (AvgIpc) is 2.64. The Morgan fingerprint density at radius 3 is 0.914 bits per heavy atom. The molecule has 0 radical (unpaired) electrons. The predicted octanol–water partition coefficient (Wildman–Crippen LogP) is 6.73. The molecular weight excluding hydrogens is 516 g/mol. The maximum atomic E-state index is 12.9. The van der Waals surface area contributed by atoms with E-state index in [1.54, 1.807) is 10.6 Å². The van der Waals surface area contributed by atoms with E-state index in [4.69, 9.17) is 0 Å². The fraction of sp³-hybridized carbons (Fsp3) is 0.263. The highest BCUT2D eigenvalue weighted by Crippen LogP contribution is 2.39. The first kappa shape index (κ1) is 27.8. The Labute approximate surface area is 186 Å². The van der Waals surface area contributed by atoms with Crippen molar-refractivity contribution in [3.8, 4) is 0 Å². The number of hydrogen-bond donors (Lipinski definition) is 2. The van der Waals surface area contributed by atoms with Gasteiger partial charge in [0.2, 0.25) is 11.8 Å². The van der Waals surface area contributed by atoms with Gasteiger partial charge in [-0.3, -0.25) is 9.59 Å². The molecule has 0 spiro atoms. The molecule has 2 amide bonds. The van der Waals surface area contributed by atoms with Gasteiger partial charge in [0.05, 0.1) is 22.3 Å². The van der Waals surface area contributed by atoms with Crippen LogP contribution in [-0.2, 0) is 34.3 Å². The van der Waals surface area contributed by atoms with Crippen LogP contribution in [0.1, 0.15) is 28.7 Å². The first-order valence-electron chi connectivity index (χ1n) is 8.85. The summed E-state index contributed by atoms with van der Waals surface area (Å²) in [5, 5.41) is 3.19. The molecule has 0 aliphatic rings. The third-order valence-corrected chi connectivity index (χ3v) is 4.06. The van der Waals surface area contributed by atoms with E-state index in [9.17, 15) is 62.3 Å². The second kappa shape index (κ2) is 9.30. The zero-order chi connectivity index (χ0) is 27.0. The van der Waals surface area contributed by atoms with E-state index < -0.39 is 76.6 Å². The maximum Gasteiger partial charge on any atom is 0.416 e. The standard InChI is InChI=1S/C19H10F12N2O2/c20-16(21,22)8-1-9(17(23,24)25)4-12(3-8)32-14(34)7-15(35)33-13-5-10(18(26,27)28)2-11(6-13)19(29,30)31/h1-6H,7H2,(H,32,34)(H,33,35). The van der Waals surface area contributed by atoms with Crippen molar-refractivity contribution in [1.29, 1.82) is 0 Å². The van der Waals surface area contributed by atoms with E-state index in [2.05, 4.69) is 0 Å². The predicted molar refractivity (Wildman–Crippen MR) is 94.8 cm³/mol. The molecule has 0 bridgehead atoms. The Morgan fingerprint density at radius 2 is 0.714 bits per heavy atom. The zero-order valence-electron chi connectivity index (χ0n) is 16.5. The smallest absolute Gasteiger partial charge is 0.326 e. The lowest BCUT2D eigenvalue weighted by atomic mass is 10.1. The van der Waals surface area contributed by atoms with Crippen molar-refractivity contribution >= 4 is 23.2 Å². The van der Waals surface area contributed by atoms with Crippen LogP contribution in [0.2, 0.25) is 0 Å². The Bertz CT molecular complexity index is 963. The van der Waals surface area contributed by atoms with Crippen LogP contribution in [0.15, 0.2) is 36.4 Å². The molecule has 0 saturated carbocycles. The molecular formula is C19H10F12N2O2. The summed E-state index contributed by atoms with van der Waals surface area (Å²) in [7, 11) is 0. The van der Waals surface area contributed by atoms with Gasteiger partial charge in [-0.25, -0.2) is 0 Å². The summed E-state index contributed by atoms with van der Waals surface area (Å²) in [6, 6.07) is 0.0737. The number of benzene rings is 2. The summed E-state index contributed by atoms with van der Waals surface area (Å²) in [5.41, 5.74) is -9.15. The molecule has 0 saturated heterocycles. The maximum absolute atomic E-state index is 12.9. The van der Waals surface area contributed by atoms with Crippen molar-refractivity contribution in [2.75, 3.05) is 10.6 Å². The van der Waals surface area contributed by atoms with E-state index in [-0.39, 0.29) is 36.4 Å². The van der Waals surface area contributed by atoms with Gasteiger partial charge in [-0.1, -0.05) is 0 Å². The van der Waals surface area contributed by atoms with Gasteiger partial charge in [-0.2, -0.15) is 52.7 Å². The SMILES string of the molecule is O=C(CC(=O)Nc1cc(C(F)(F)F)cc(C(F)(F)F)c1)Nc1cc(C(F)(F)F)cc(C(F)(F)F)c1. The molecule has 2 aromatic carbocycles. The van der Waals surface area contributed by atoms with Crippen molar-refractivity contribution < 1.29 is 62.3 Å². The minimum Gasteiger partial charge on any atom is -0.326 e. The van der Waals surface area contributed by atoms with Crippen LogP contribution in [0, 0.1) is 0 Å². The van der Waals surface area contributed by atoms with E-state index in [0.717, 1.165) is 0 Å². The van der Waals surface area contributed by atoms with Crippen molar-refractivity contribution in [2.45, 2.75) is 31.1 Å². The Morgan fingerprint density at radius 1 is 0.486 bits per heavy atom. The number of rotatable bonds is 4. The summed E-state index contributed by atoms with van der Waals surface area (Å²) in [5.74, 6) is -3.00. The largest absolute Gasteiger partial charge is 0.416 e. The zero-order valence-corrected chi connectivity index (χ0v) is 16.5. The van der Waals surface area contributed by atoms with Crippen molar-refractivity contribution in [2.24, 2.45) is 0 Å². The quantitative estimate of drug-likeness (QED) is 0.343. The minimum absolute atomic E-state index is 0.132. The molecule has 0 aliphatic carbocycles. The van der Waals surface area contributed by atoms with Crippen LogP contribution in [0.4, 0.5) is 64.1 Å². The molecule has 35 heavy (non-hydrogen) atoms. The summed E-state index contributed by atoms with van der Waals surface area (Å²) < 4.78 is 154.